The average molecular weight is 592 g/mol. The molecule has 43 heavy (non-hydrogen) atoms. The van der Waals surface area contributed by atoms with Gasteiger partial charge >= 0.3 is 6.18 Å². The van der Waals surface area contributed by atoms with Gasteiger partial charge in [-0.05, 0) is 69.6 Å². The second-order valence-corrected chi connectivity index (χ2v) is 11.2. The van der Waals surface area contributed by atoms with E-state index in [1.807, 2.05) is 70.0 Å². The average Bonchev–Trinajstić information content (AvgIpc) is 3.33. The maximum absolute atomic E-state index is 13.9. The molecule has 0 radical (unpaired) electrons. The van der Waals surface area contributed by atoms with E-state index in [0.29, 0.717) is 29.4 Å². The molecule has 0 saturated carbocycles. The van der Waals surface area contributed by atoms with E-state index >= 15 is 0 Å². The molecule has 1 N–H and O–H groups in total. The third-order valence-corrected chi connectivity index (χ3v) is 7.78. The number of nitrogens with one attached hydrogen (secondary N) is 1. The van der Waals surface area contributed by atoms with Gasteiger partial charge in [-0.25, -0.2) is 9.97 Å². The lowest BCUT2D eigenvalue weighted by atomic mass is 9.98. The predicted octanol–water partition coefficient (Wildman–Crippen LogP) is 6.17. The Hall–Kier alpha value is -4.25. The number of hydrogen-bond acceptors (Lipinski definition) is 7. The molecule has 0 spiro atoms. The zero-order valence-corrected chi connectivity index (χ0v) is 25.0. The van der Waals surface area contributed by atoms with E-state index in [2.05, 4.69) is 25.3 Å². The summed E-state index contributed by atoms with van der Waals surface area (Å²) in [6, 6.07) is 13.1. The minimum absolute atomic E-state index is 0.0175. The molecular formula is C32H36F3N7O. The molecule has 1 atom stereocenters. The first kappa shape index (κ1) is 30.2. The third kappa shape index (κ3) is 6.88. The van der Waals surface area contributed by atoms with E-state index in [0.717, 1.165) is 54.3 Å². The quantitative estimate of drug-likeness (QED) is 0.246. The molecule has 0 aliphatic carbocycles. The Bertz CT molecular complexity index is 1630. The summed E-state index contributed by atoms with van der Waals surface area (Å²) in [5, 5.41) is 8.00. The molecule has 3 heterocycles. The van der Waals surface area contributed by atoms with E-state index in [-0.39, 0.29) is 23.8 Å². The first-order valence-electron chi connectivity index (χ1n) is 14.4. The number of Topliss-reactive ketones (excluding diaryl/α,β-unsaturated/α-hetero) is 1. The summed E-state index contributed by atoms with van der Waals surface area (Å²) in [7, 11) is 1.99. The van der Waals surface area contributed by atoms with Crippen molar-refractivity contribution in [2.24, 2.45) is 0 Å². The largest absolute Gasteiger partial charge is 0.416 e. The molecule has 1 fully saturated rings. The summed E-state index contributed by atoms with van der Waals surface area (Å²) in [5.74, 6) is 0.938. The van der Waals surface area contributed by atoms with Crippen LogP contribution in [0.4, 0.5) is 30.4 Å². The van der Waals surface area contributed by atoms with Crippen LogP contribution in [0.1, 0.15) is 52.3 Å². The Kier molecular flexibility index (Phi) is 8.55. The van der Waals surface area contributed by atoms with E-state index < -0.39 is 11.7 Å². The Morgan fingerprint density at radius 2 is 1.84 bits per heavy atom. The normalized spacial score (nSPS) is 16.0. The molecule has 5 rings (SSSR count). The number of hydrogen-bond donors (Lipinski definition) is 1. The second-order valence-electron chi connectivity index (χ2n) is 11.2. The fourth-order valence-electron chi connectivity index (χ4n) is 5.42. The molecule has 226 valence electrons. The number of aromatic nitrogens is 4. The van der Waals surface area contributed by atoms with Crippen LogP contribution < -0.4 is 10.2 Å². The van der Waals surface area contributed by atoms with Crippen LogP contribution in [0.2, 0.25) is 0 Å². The molecule has 1 aliphatic rings. The van der Waals surface area contributed by atoms with E-state index in [1.54, 1.807) is 10.7 Å². The highest BCUT2D eigenvalue weighted by Crippen LogP contribution is 2.34. The monoisotopic (exact) mass is 591 g/mol. The SMILES string of the molecule is CCc1cc(-n2nc(C)cc2Nc2cc(CC(=O)c3cc(N4CCN(C)C[C@@H]4C)cc(C(F)(F)F)c3)ccc2C)ncn1. The Labute approximate surface area is 249 Å². The van der Waals surface area contributed by atoms with Gasteiger partial charge in [0.2, 0.25) is 0 Å². The summed E-state index contributed by atoms with van der Waals surface area (Å²) >= 11 is 0. The van der Waals surface area contributed by atoms with Gasteiger partial charge in [0.15, 0.2) is 11.6 Å². The number of carbonyl (C=O) groups is 1. The highest BCUT2D eigenvalue weighted by Gasteiger charge is 2.33. The Morgan fingerprint density at radius 1 is 1.05 bits per heavy atom. The lowest BCUT2D eigenvalue weighted by Crippen LogP contribution is -2.50. The van der Waals surface area contributed by atoms with E-state index in [1.165, 1.54) is 6.33 Å². The van der Waals surface area contributed by atoms with Gasteiger partial charge in [0.1, 0.15) is 12.1 Å². The lowest BCUT2D eigenvalue weighted by Gasteiger charge is -2.40. The topological polar surface area (TPSA) is 79.2 Å². The number of piperazine rings is 1. The van der Waals surface area contributed by atoms with Gasteiger partial charge in [0.05, 0.1) is 11.3 Å². The van der Waals surface area contributed by atoms with Crippen molar-refractivity contribution in [1.82, 2.24) is 24.6 Å². The number of aryl methyl sites for hydroxylation is 3. The van der Waals surface area contributed by atoms with Crippen molar-refractivity contribution >= 4 is 23.0 Å². The number of benzene rings is 2. The number of nitrogens with zero attached hydrogens (tertiary/aromatic N) is 6. The van der Waals surface area contributed by atoms with Crippen molar-refractivity contribution in [3.8, 4) is 5.82 Å². The van der Waals surface area contributed by atoms with Crippen molar-refractivity contribution in [3.05, 3.63) is 88.5 Å². The predicted molar refractivity (Wildman–Crippen MR) is 162 cm³/mol. The van der Waals surface area contributed by atoms with Crippen LogP contribution >= 0.6 is 0 Å². The molecule has 1 saturated heterocycles. The second kappa shape index (κ2) is 12.2. The van der Waals surface area contributed by atoms with Gasteiger partial charge in [-0.3, -0.25) is 4.79 Å². The molecule has 0 amide bonds. The summed E-state index contributed by atoms with van der Waals surface area (Å²) in [6.45, 7) is 9.88. The molecule has 0 bridgehead atoms. The maximum atomic E-state index is 13.9. The van der Waals surface area contributed by atoms with Crippen LogP contribution in [0, 0.1) is 13.8 Å². The summed E-state index contributed by atoms with van der Waals surface area (Å²) in [5.41, 5.74) is 3.71. The first-order chi connectivity index (χ1) is 20.4. The van der Waals surface area contributed by atoms with E-state index in [4.69, 9.17) is 0 Å². The highest BCUT2D eigenvalue weighted by molar-refractivity contribution is 5.98. The number of anilines is 3. The number of ketones is 1. The molecule has 1 aliphatic heterocycles. The van der Waals surface area contributed by atoms with Crippen LogP contribution in [-0.4, -0.2) is 63.2 Å². The van der Waals surface area contributed by atoms with Gasteiger partial charge in [-0.2, -0.15) is 23.0 Å². The minimum Gasteiger partial charge on any atom is -0.366 e. The van der Waals surface area contributed by atoms with Crippen molar-refractivity contribution < 1.29 is 18.0 Å². The molecule has 4 aromatic rings. The zero-order valence-electron chi connectivity index (χ0n) is 25.0. The fraction of sp³-hybridized carbons (Fsp3) is 0.375. The molecule has 2 aromatic carbocycles. The standard InChI is InChI=1S/C32H36F3N7O/c1-6-26-17-30(37-19-36-26)42-31(11-21(3)39-42)38-28-12-23(8-7-20(28)2)13-29(43)24-14-25(32(33,34)35)16-27(15-24)41-10-9-40(5)18-22(41)4/h7-8,11-12,14-17,19,22,38H,6,9-10,13,18H2,1-5H3/t22-/m0/s1. The number of carbonyl (C=O) groups excluding carboxylic acids is 1. The van der Waals surface area contributed by atoms with Crippen LogP contribution in [0.3, 0.4) is 0 Å². The van der Waals surface area contributed by atoms with Crippen molar-refractivity contribution in [2.45, 2.75) is 52.8 Å². The maximum Gasteiger partial charge on any atom is 0.416 e. The molecule has 11 heteroatoms. The summed E-state index contributed by atoms with van der Waals surface area (Å²) in [6.07, 6.45) is -2.34. The van der Waals surface area contributed by atoms with Crippen LogP contribution in [0.15, 0.2) is 54.9 Å². The Morgan fingerprint density at radius 3 is 2.56 bits per heavy atom. The molecule has 8 nitrogen and oxygen atoms in total. The van der Waals surface area contributed by atoms with Crippen molar-refractivity contribution in [2.75, 3.05) is 36.9 Å². The summed E-state index contributed by atoms with van der Waals surface area (Å²) < 4.78 is 43.4. The third-order valence-electron chi connectivity index (χ3n) is 7.78. The number of halogens is 3. The zero-order chi connectivity index (χ0) is 30.9. The van der Waals surface area contributed by atoms with Crippen molar-refractivity contribution in [3.63, 3.8) is 0 Å². The minimum atomic E-state index is -4.57. The number of alkyl halides is 3. The Balaban J connectivity index is 1.42. The number of likely N-dealkylation sites (N-methyl/N-ethyl adjacent to an activating group) is 1. The fourth-order valence-corrected chi connectivity index (χ4v) is 5.42. The molecule has 2 aromatic heterocycles. The van der Waals surface area contributed by atoms with Gasteiger partial charge in [-0.1, -0.05) is 19.1 Å². The first-order valence-corrected chi connectivity index (χ1v) is 14.4. The molecule has 0 unspecified atom stereocenters. The summed E-state index contributed by atoms with van der Waals surface area (Å²) in [4.78, 5) is 26.2. The van der Waals surface area contributed by atoms with Crippen LogP contribution in [0.25, 0.3) is 5.82 Å². The number of rotatable bonds is 8. The highest BCUT2D eigenvalue weighted by atomic mass is 19.4. The van der Waals surface area contributed by atoms with Gasteiger partial charge < -0.3 is 15.1 Å². The smallest absolute Gasteiger partial charge is 0.366 e. The van der Waals surface area contributed by atoms with Gasteiger partial charge in [0.25, 0.3) is 0 Å². The lowest BCUT2D eigenvalue weighted by molar-refractivity contribution is -0.137. The van der Waals surface area contributed by atoms with Crippen molar-refractivity contribution in [1.29, 1.82) is 0 Å². The van der Waals surface area contributed by atoms with Crippen LogP contribution in [0.5, 0.6) is 0 Å². The van der Waals surface area contributed by atoms with Gasteiger partial charge in [-0.15, -0.1) is 0 Å². The van der Waals surface area contributed by atoms with Gasteiger partial charge in [0, 0.05) is 66.9 Å². The van der Waals surface area contributed by atoms with Crippen LogP contribution in [-0.2, 0) is 19.0 Å². The van der Waals surface area contributed by atoms with E-state index in [9.17, 15) is 18.0 Å². The molecular weight excluding hydrogens is 555 g/mol.